The van der Waals surface area contributed by atoms with E-state index < -0.39 is 12.0 Å². The van der Waals surface area contributed by atoms with Crippen LogP contribution in [0.4, 0.5) is 18.3 Å². The van der Waals surface area contributed by atoms with Crippen LogP contribution in [0.15, 0.2) is 0 Å². The summed E-state index contributed by atoms with van der Waals surface area (Å²) in [6.07, 6.45) is 0.637. The largest absolute Gasteiger partial charge is 0.453 e. The van der Waals surface area contributed by atoms with Crippen LogP contribution in [-0.2, 0) is 30.2 Å². The second-order valence-electron chi connectivity index (χ2n) is 7.08. The Morgan fingerprint density at radius 2 is 1.90 bits per heavy atom. The number of hydrogen-bond acceptors (Lipinski definition) is 6. The van der Waals surface area contributed by atoms with E-state index in [4.69, 9.17) is 0 Å². The van der Waals surface area contributed by atoms with Crippen molar-refractivity contribution in [2.24, 2.45) is 0 Å². The number of halogens is 3. The number of hydrogen-bond donors (Lipinski definition) is 1. The van der Waals surface area contributed by atoms with Crippen LogP contribution in [0.25, 0.3) is 5.78 Å². The molecule has 29 heavy (non-hydrogen) atoms. The third-order valence-corrected chi connectivity index (χ3v) is 6.05. The molecule has 1 aliphatic rings. The summed E-state index contributed by atoms with van der Waals surface area (Å²) in [7, 11) is 0. The SMILES string of the molecule is Cc1nc2nc(C(F)(F)F)nn2c(C)c1CC(=O)Nc1nc2c(s1)CCCCC2. The molecule has 0 bridgehead atoms. The molecule has 1 aliphatic carbocycles. The quantitative estimate of drug-likeness (QED) is 0.649. The molecule has 0 atom stereocenters. The van der Waals surface area contributed by atoms with Crippen LogP contribution in [0.5, 0.6) is 0 Å². The van der Waals surface area contributed by atoms with Crippen molar-refractivity contribution < 1.29 is 18.0 Å². The first kappa shape index (κ1) is 19.7. The van der Waals surface area contributed by atoms with Crippen LogP contribution in [0.2, 0.25) is 0 Å². The Morgan fingerprint density at radius 3 is 2.66 bits per heavy atom. The first-order valence-corrected chi connectivity index (χ1v) is 10.1. The van der Waals surface area contributed by atoms with Gasteiger partial charge in [-0.2, -0.15) is 18.2 Å². The van der Waals surface area contributed by atoms with Gasteiger partial charge in [0.05, 0.1) is 12.1 Å². The van der Waals surface area contributed by atoms with Crippen LogP contribution in [-0.4, -0.2) is 30.5 Å². The maximum atomic E-state index is 12.9. The molecule has 7 nitrogen and oxygen atoms in total. The number of rotatable bonds is 3. The Bertz CT molecular complexity index is 1060. The molecule has 0 fully saturated rings. The van der Waals surface area contributed by atoms with Gasteiger partial charge in [0.15, 0.2) is 5.13 Å². The van der Waals surface area contributed by atoms with E-state index in [1.165, 1.54) is 22.6 Å². The van der Waals surface area contributed by atoms with Crippen molar-refractivity contribution in [3.63, 3.8) is 0 Å². The summed E-state index contributed by atoms with van der Waals surface area (Å²) >= 11 is 1.49. The van der Waals surface area contributed by atoms with E-state index in [1.54, 1.807) is 13.8 Å². The summed E-state index contributed by atoms with van der Waals surface area (Å²) in [6.45, 7) is 3.24. The molecule has 0 spiro atoms. The van der Waals surface area contributed by atoms with E-state index in [0.29, 0.717) is 22.1 Å². The van der Waals surface area contributed by atoms with Crippen molar-refractivity contribution in [2.75, 3.05) is 5.32 Å². The molecule has 0 radical (unpaired) electrons. The molecule has 154 valence electrons. The fourth-order valence-electron chi connectivity index (χ4n) is 3.49. The van der Waals surface area contributed by atoms with Crippen molar-refractivity contribution in [1.82, 2.24) is 24.6 Å². The van der Waals surface area contributed by atoms with Gasteiger partial charge in [0, 0.05) is 21.8 Å². The van der Waals surface area contributed by atoms with Gasteiger partial charge in [-0.3, -0.25) is 4.79 Å². The van der Waals surface area contributed by atoms with Gasteiger partial charge in [0.25, 0.3) is 11.6 Å². The van der Waals surface area contributed by atoms with Gasteiger partial charge in [-0.1, -0.05) is 6.42 Å². The number of fused-ring (bicyclic) bond motifs is 2. The van der Waals surface area contributed by atoms with Crippen LogP contribution < -0.4 is 5.32 Å². The zero-order chi connectivity index (χ0) is 20.8. The molecule has 4 rings (SSSR count). The molecule has 0 unspecified atom stereocenters. The van der Waals surface area contributed by atoms with Gasteiger partial charge < -0.3 is 5.32 Å². The third kappa shape index (κ3) is 3.96. The number of carbonyl (C=O) groups is 1. The molecule has 1 N–H and O–H groups in total. The minimum Gasteiger partial charge on any atom is -0.302 e. The lowest BCUT2D eigenvalue weighted by molar-refractivity contribution is -0.144. The highest BCUT2D eigenvalue weighted by molar-refractivity contribution is 7.15. The number of anilines is 1. The van der Waals surface area contributed by atoms with E-state index in [-0.39, 0.29) is 18.1 Å². The van der Waals surface area contributed by atoms with Gasteiger partial charge in [-0.25, -0.2) is 14.5 Å². The minimum atomic E-state index is -4.66. The summed E-state index contributed by atoms with van der Waals surface area (Å²) in [4.78, 5) is 25.9. The van der Waals surface area contributed by atoms with Gasteiger partial charge in [-0.15, -0.1) is 16.4 Å². The highest BCUT2D eigenvalue weighted by Gasteiger charge is 2.37. The van der Waals surface area contributed by atoms with Gasteiger partial charge >= 0.3 is 6.18 Å². The first-order valence-electron chi connectivity index (χ1n) is 9.31. The van der Waals surface area contributed by atoms with Crippen molar-refractivity contribution in [1.29, 1.82) is 0 Å². The predicted octanol–water partition coefficient (Wildman–Crippen LogP) is 3.67. The van der Waals surface area contributed by atoms with Crippen LogP contribution in [0, 0.1) is 13.8 Å². The molecule has 3 heterocycles. The highest BCUT2D eigenvalue weighted by atomic mass is 32.1. The molecule has 0 aliphatic heterocycles. The van der Waals surface area contributed by atoms with Crippen molar-refractivity contribution in [3.05, 3.63) is 33.3 Å². The Balaban J connectivity index is 1.56. The number of thiazole rings is 1. The molecule has 3 aromatic heterocycles. The standard InChI is InChI=1S/C18H19F3N6OS/c1-9-11(10(2)27-16(22-9)25-15(26-27)18(19,20)21)8-14(28)24-17-23-12-6-4-3-5-7-13(12)29-17/h3-8H2,1-2H3,(H,23,24,28). The molecule has 3 aromatic rings. The fourth-order valence-corrected chi connectivity index (χ4v) is 4.56. The van der Waals surface area contributed by atoms with Crippen LogP contribution in [0.1, 0.15) is 52.6 Å². The molecule has 11 heteroatoms. The molecular formula is C18H19F3N6OS. The summed E-state index contributed by atoms with van der Waals surface area (Å²) in [5.74, 6) is -1.68. The number of nitrogens with one attached hydrogen (secondary N) is 1. The first-order chi connectivity index (χ1) is 13.7. The topological polar surface area (TPSA) is 85.1 Å². The number of carbonyl (C=O) groups excluding carboxylic acids is 1. The lowest BCUT2D eigenvalue weighted by Gasteiger charge is -2.09. The van der Waals surface area contributed by atoms with E-state index in [9.17, 15) is 18.0 Å². The lowest BCUT2D eigenvalue weighted by Crippen LogP contribution is -2.17. The zero-order valence-electron chi connectivity index (χ0n) is 15.9. The van der Waals surface area contributed by atoms with E-state index in [2.05, 4.69) is 25.4 Å². The Morgan fingerprint density at radius 1 is 1.14 bits per heavy atom. The monoisotopic (exact) mass is 424 g/mol. The lowest BCUT2D eigenvalue weighted by atomic mass is 10.1. The maximum Gasteiger partial charge on any atom is 0.453 e. The molecule has 0 aromatic carbocycles. The van der Waals surface area contributed by atoms with E-state index >= 15 is 0 Å². The Hall–Kier alpha value is -2.56. The van der Waals surface area contributed by atoms with Crippen LogP contribution in [0.3, 0.4) is 0 Å². The van der Waals surface area contributed by atoms with Crippen molar-refractivity contribution in [2.45, 2.75) is 58.5 Å². The number of aromatic nitrogens is 5. The number of alkyl halides is 3. The smallest absolute Gasteiger partial charge is 0.302 e. The maximum absolute atomic E-state index is 12.9. The average Bonchev–Trinajstić information content (AvgIpc) is 3.16. The normalized spacial score (nSPS) is 14.7. The van der Waals surface area contributed by atoms with Crippen molar-refractivity contribution >= 4 is 28.2 Å². The second-order valence-corrected chi connectivity index (χ2v) is 8.16. The summed E-state index contributed by atoms with van der Waals surface area (Å²) in [6, 6.07) is 0. The van der Waals surface area contributed by atoms with Gasteiger partial charge in [0.1, 0.15) is 0 Å². The van der Waals surface area contributed by atoms with Crippen molar-refractivity contribution in [3.8, 4) is 0 Å². The van der Waals surface area contributed by atoms with E-state index in [1.807, 2.05) is 0 Å². The number of nitrogens with zero attached hydrogens (tertiary/aromatic N) is 5. The minimum absolute atomic E-state index is 0.0357. The number of amides is 1. The Kier molecular flexibility index (Phi) is 5.01. The van der Waals surface area contributed by atoms with Gasteiger partial charge in [0.2, 0.25) is 5.91 Å². The van der Waals surface area contributed by atoms with Gasteiger partial charge in [-0.05, 0) is 39.5 Å². The zero-order valence-corrected chi connectivity index (χ0v) is 16.7. The molecule has 0 saturated heterocycles. The molecule has 0 saturated carbocycles. The highest BCUT2D eigenvalue weighted by Crippen LogP contribution is 2.29. The fraction of sp³-hybridized carbons (Fsp3) is 0.500. The van der Waals surface area contributed by atoms with Crippen LogP contribution >= 0.6 is 11.3 Å². The summed E-state index contributed by atoms with van der Waals surface area (Å²) < 4.78 is 39.7. The summed E-state index contributed by atoms with van der Waals surface area (Å²) in [5, 5.41) is 6.88. The second kappa shape index (κ2) is 7.36. The molecule has 1 amide bonds. The number of aryl methyl sites for hydroxylation is 4. The summed E-state index contributed by atoms with van der Waals surface area (Å²) in [5.41, 5.74) is 2.43. The average molecular weight is 424 g/mol. The Labute approximate surface area is 168 Å². The predicted molar refractivity (Wildman–Crippen MR) is 101 cm³/mol. The van der Waals surface area contributed by atoms with E-state index in [0.717, 1.165) is 35.9 Å². The molecular weight excluding hydrogens is 405 g/mol. The third-order valence-electron chi connectivity index (χ3n) is 4.98.